The Labute approximate surface area is 354 Å². The summed E-state index contributed by atoms with van der Waals surface area (Å²) in [6, 6.07) is 70.9. The SMILES string of the molecule is Cc1ccc(/C=C/c2ccc(N(c3ccc(C)cc3)c3ccc(N(c4ccc(C)cc4)c4ccc(/C=C/c5ccc(C)cc5)cc4)c4cc5ccccc5cc34)cc2)cc1. The molecule has 290 valence electrons. The summed E-state index contributed by atoms with van der Waals surface area (Å²) in [4.78, 5) is 4.80. The van der Waals surface area contributed by atoms with Crippen LogP contribution in [0.5, 0.6) is 0 Å². The van der Waals surface area contributed by atoms with E-state index in [9.17, 15) is 0 Å². The molecule has 0 radical (unpaired) electrons. The van der Waals surface area contributed by atoms with E-state index in [1.54, 1.807) is 0 Å². The summed E-state index contributed by atoms with van der Waals surface area (Å²) in [5, 5.41) is 4.75. The minimum Gasteiger partial charge on any atom is -0.310 e. The van der Waals surface area contributed by atoms with Crippen LogP contribution < -0.4 is 9.80 Å². The first-order valence-corrected chi connectivity index (χ1v) is 20.7. The number of aryl methyl sites for hydroxylation is 4. The van der Waals surface area contributed by atoms with Gasteiger partial charge in [0.15, 0.2) is 0 Å². The Balaban J connectivity index is 1.18. The van der Waals surface area contributed by atoms with Crippen LogP contribution in [-0.2, 0) is 0 Å². The zero-order valence-corrected chi connectivity index (χ0v) is 34.7. The summed E-state index contributed by atoms with van der Waals surface area (Å²) >= 11 is 0. The van der Waals surface area contributed by atoms with Gasteiger partial charge in [-0.3, -0.25) is 0 Å². The Bertz CT molecular complexity index is 2750. The first-order valence-electron chi connectivity index (χ1n) is 20.7. The van der Waals surface area contributed by atoms with Crippen LogP contribution in [0.15, 0.2) is 194 Å². The average molecular weight is 773 g/mol. The van der Waals surface area contributed by atoms with Gasteiger partial charge in [-0.2, -0.15) is 0 Å². The number of rotatable bonds is 10. The zero-order chi connectivity index (χ0) is 41.0. The third-order valence-electron chi connectivity index (χ3n) is 11.3. The summed E-state index contributed by atoms with van der Waals surface area (Å²) in [6.07, 6.45) is 8.74. The summed E-state index contributed by atoms with van der Waals surface area (Å²) in [7, 11) is 0. The van der Waals surface area contributed by atoms with E-state index in [1.165, 1.54) is 54.9 Å². The van der Waals surface area contributed by atoms with Gasteiger partial charge in [0.2, 0.25) is 0 Å². The van der Waals surface area contributed by atoms with Crippen molar-refractivity contribution in [1.29, 1.82) is 0 Å². The molecule has 0 amide bonds. The average Bonchev–Trinajstić information content (AvgIpc) is 3.28. The fourth-order valence-corrected chi connectivity index (χ4v) is 7.84. The van der Waals surface area contributed by atoms with Crippen LogP contribution in [0.25, 0.3) is 45.8 Å². The summed E-state index contributed by atoms with van der Waals surface area (Å²) < 4.78 is 0. The Morgan fingerprint density at radius 2 is 0.533 bits per heavy atom. The molecule has 9 aromatic carbocycles. The van der Waals surface area contributed by atoms with Gasteiger partial charge in [-0.25, -0.2) is 0 Å². The van der Waals surface area contributed by atoms with Crippen molar-refractivity contribution in [2.75, 3.05) is 9.80 Å². The molecule has 0 N–H and O–H groups in total. The maximum atomic E-state index is 2.40. The van der Waals surface area contributed by atoms with Gasteiger partial charge in [0.1, 0.15) is 0 Å². The fourth-order valence-electron chi connectivity index (χ4n) is 7.84. The van der Waals surface area contributed by atoms with Crippen molar-refractivity contribution in [2.45, 2.75) is 27.7 Å². The molecule has 0 fully saturated rings. The van der Waals surface area contributed by atoms with E-state index in [0.717, 1.165) is 45.3 Å². The topological polar surface area (TPSA) is 6.48 Å². The smallest absolute Gasteiger partial charge is 0.0541 e. The maximum Gasteiger partial charge on any atom is 0.0541 e. The van der Waals surface area contributed by atoms with E-state index in [0.29, 0.717) is 0 Å². The predicted molar refractivity (Wildman–Crippen MR) is 261 cm³/mol. The van der Waals surface area contributed by atoms with Crippen LogP contribution >= 0.6 is 0 Å². The van der Waals surface area contributed by atoms with E-state index in [-0.39, 0.29) is 0 Å². The minimum atomic E-state index is 1.10. The molecule has 2 heteroatoms. The lowest BCUT2D eigenvalue weighted by Crippen LogP contribution is -2.13. The molecule has 0 heterocycles. The standard InChI is InChI=1S/C58H48N2/c1-41-9-17-45(18-10-41)21-23-47-25-33-53(34-26-47)59(51-29-13-43(3)14-30-51)57-37-38-58(56-40-50-8-6-5-7-49(50)39-55(56)57)60(52-31-15-44(4)16-32-52)54-35-27-48(28-36-54)24-22-46-19-11-42(2)12-20-46/h5-40H,1-4H3/b23-21+,24-22+. The summed E-state index contributed by atoms with van der Waals surface area (Å²) in [5.74, 6) is 0. The van der Waals surface area contributed by atoms with Crippen molar-refractivity contribution in [1.82, 2.24) is 0 Å². The highest BCUT2D eigenvalue weighted by Crippen LogP contribution is 2.46. The first kappa shape index (κ1) is 38.1. The van der Waals surface area contributed by atoms with Crippen molar-refractivity contribution >= 4 is 80.0 Å². The molecule has 9 rings (SSSR count). The van der Waals surface area contributed by atoms with Crippen molar-refractivity contribution in [3.05, 3.63) is 239 Å². The number of anilines is 6. The van der Waals surface area contributed by atoms with Gasteiger partial charge in [-0.15, -0.1) is 0 Å². The van der Waals surface area contributed by atoms with Crippen LogP contribution in [0.2, 0.25) is 0 Å². The highest BCUT2D eigenvalue weighted by atomic mass is 15.2. The van der Waals surface area contributed by atoms with Gasteiger partial charge in [0.05, 0.1) is 11.4 Å². The lowest BCUT2D eigenvalue weighted by Gasteiger charge is -2.31. The second-order valence-electron chi connectivity index (χ2n) is 15.9. The molecule has 0 bridgehead atoms. The lowest BCUT2D eigenvalue weighted by molar-refractivity contribution is 1.27. The van der Waals surface area contributed by atoms with E-state index in [2.05, 4.69) is 256 Å². The molecule has 0 aliphatic heterocycles. The molecule has 9 aromatic rings. The van der Waals surface area contributed by atoms with E-state index >= 15 is 0 Å². The molecule has 0 atom stereocenters. The number of benzene rings is 9. The normalized spacial score (nSPS) is 11.5. The Morgan fingerprint density at radius 1 is 0.283 bits per heavy atom. The molecular formula is C58H48N2. The molecule has 0 spiro atoms. The molecule has 0 unspecified atom stereocenters. The third-order valence-corrected chi connectivity index (χ3v) is 11.3. The predicted octanol–water partition coefficient (Wildman–Crippen LogP) is 16.5. The van der Waals surface area contributed by atoms with Crippen LogP contribution in [0, 0.1) is 27.7 Å². The van der Waals surface area contributed by atoms with Gasteiger partial charge < -0.3 is 9.80 Å². The Kier molecular flexibility index (Phi) is 10.7. The molecule has 0 aliphatic rings. The summed E-state index contributed by atoms with van der Waals surface area (Å²) in [5.41, 5.74) is 16.3. The Hall–Kier alpha value is -7.42. The monoisotopic (exact) mass is 772 g/mol. The van der Waals surface area contributed by atoms with Crippen molar-refractivity contribution in [3.8, 4) is 0 Å². The van der Waals surface area contributed by atoms with Crippen LogP contribution in [0.3, 0.4) is 0 Å². The van der Waals surface area contributed by atoms with Gasteiger partial charge >= 0.3 is 0 Å². The molecule has 0 saturated heterocycles. The fraction of sp³-hybridized carbons (Fsp3) is 0.0690. The first-order chi connectivity index (χ1) is 29.3. The van der Waals surface area contributed by atoms with E-state index in [4.69, 9.17) is 0 Å². The highest BCUT2D eigenvalue weighted by molar-refractivity contribution is 6.12. The van der Waals surface area contributed by atoms with Crippen molar-refractivity contribution in [2.24, 2.45) is 0 Å². The Morgan fingerprint density at radius 3 is 0.833 bits per heavy atom. The van der Waals surface area contributed by atoms with Crippen molar-refractivity contribution < 1.29 is 0 Å². The maximum absolute atomic E-state index is 2.40. The second kappa shape index (κ2) is 16.8. The zero-order valence-electron chi connectivity index (χ0n) is 34.7. The molecular weight excluding hydrogens is 725 g/mol. The minimum absolute atomic E-state index is 1.10. The molecule has 2 nitrogen and oxygen atoms in total. The third kappa shape index (κ3) is 8.27. The van der Waals surface area contributed by atoms with E-state index in [1.807, 2.05) is 0 Å². The van der Waals surface area contributed by atoms with Gasteiger partial charge in [0.25, 0.3) is 0 Å². The van der Waals surface area contributed by atoms with E-state index < -0.39 is 0 Å². The number of fused-ring (bicyclic) bond motifs is 2. The van der Waals surface area contributed by atoms with Crippen LogP contribution in [0.4, 0.5) is 34.1 Å². The number of hydrogen-bond donors (Lipinski definition) is 0. The van der Waals surface area contributed by atoms with Gasteiger partial charge in [-0.1, -0.05) is 168 Å². The van der Waals surface area contributed by atoms with Crippen LogP contribution in [0.1, 0.15) is 44.5 Å². The second-order valence-corrected chi connectivity index (χ2v) is 15.9. The molecule has 0 aliphatic carbocycles. The number of hydrogen-bond acceptors (Lipinski definition) is 2. The molecule has 60 heavy (non-hydrogen) atoms. The summed E-state index contributed by atoms with van der Waals surface area (Å²) in [6.45, 7) is 8.53. The van der Waals surface area contributed by atoms with Crippen LogP contribution in [-0.4, -0.2) is 0 Å². The highest BCUT2D eigenvalue weighted by Gasteiger charge is 2.21. The lowest BCUT2D eigenvalue weighted by atomic mass is 9.98. The quantitative estimate of drug-likeness (QED) is 0.101. The molecule has 0 saturated carbocycles. The van der Waals surface area contributed by atoms with Gasteiger partial charge in [0, 0.05) is 33.5 Å². The van der Waals surface area contributed by atoms with Crippen molar-refractivity contribution in [3.63, 3.8) is 0 Å². The number of nitrogens with zero attached hydrogens (tertiary/aromatic N) is 2. The van der Waals surface area contributed by atoms with Gasteiger partial charge in [-0.05, 0) is 134 Å². The largest absolute Gasteiger partial charge is 0.310 e. The molecule has 0 aromatic heterocycles.